The van der Waals surface area contributed by atoms with E-state index < -0.39 is 11.8 Å². The van der Waals surface area contributed by atoms with Crippen LogP contribution in [0, 0.1) is 5.92 Å². The van der Waals surface area contributed by atoms with Gasteiger partial charge in [-0.3, -0.25) is 9.59 Å². The summed E-state index contributed by atoms with van der Waals surface area (Å²) in [6, 6.07) is 7.50. The lowest BCUT2D eigenvalue weighted by Gasteiger charge is -2.29. The van der Waals surface area contributed by atoms with Crippen LogP contribution in [-0.4, -0.2) is 69.7 Å². The van der Waals surface area contributed by atoms with Gasteiger partial charge in [0.05, 0.1) is 13.2 Å². The second kappa shape index (κ2) is 10.3. The Morgan fingerprint density at radius 2 is 1.89 bits per heavy atom. The van der Waals surface area contributed by atoms with Crippen molar-refractivity contribution in [3.8, 4) is 0 Å². The first-order chi connectivity index (χ1) is 12.8. The molecule has 2 amide bonds. The number of hydrogen-bond acceptors (Lipinski definition) is 5. The molecule has 1 aromatic rings. The van der Waals surface area contributed by atoms with Gasteiger partial charge in [0.1, 0.15) is 0 Å². The number of benzene rings is 1. The lowest BCUT2D eigenvalue weighted by molar-refractivity contribution is -0.136. The van der Waals surface area contributed by atoms with Gasteiger partial charge in [0.15, 0.2) is 0 Å². The van der Waals surface area contributed by atoms with Gasteiger partial charge in [-0.25, -0.2) is 0 Å². The first-order valence-corrected chi connectivity index (χ1v) is 9.54. The molecular weight excluding hydrogens is 344 g/mol. The third-order valence-corrected chi connectivity index (χ3v) is 4.36. The molecule has 7 nitrogen and oxygen atoms in total. The third-order valence-electron chi connectivity index (χ3n) is 4.36. The second-order valence-corrected chi connectivity index (χ2v) is 7.67. The van der Waals surface area contributed by atoms with Gasteiger partial charge in [-0.15, -0.1) is 0 Å². The van der Waals surface area contributed by atoms with Crippen LogP contribution in [0.15, 0.2) is 24.3 Å². The fraction of sp³-hybridized carbons (Fsp3) is 0.600. The number of ether oxygens (including phenoxy) is 1. The molecule has 0 spiro atoms. The minimum Gasteiger partial charge on any atom is -0.378 e. The number of nitrogens with zero attached hydrogens (tertiary/aromatic N) is 2. The molecular formula is C20H32N4O3. The maximum absolute atomic E-state index is 12.3. The molecule has 7 heteroatoms. The van der Waals surface area contributed by atoms with Crippen LogP contribution in [0.4, 0.5) is 11.4 Å². The zero-order valence-corrected chi connectivity index (χ0v) is 16.8. The topological polar surface area (TPSA) is 73.9 Å². The standard InChI is InChI=1S/C20H32N4O3/c1-15(2)12-17(14-23(3)4)22-20(26)19(25)21-16-6-5-7-18(13-16)24-8-10-27-11-9-24/h5-7,13,15,17H,8-12,14H2,1-4H3,(H,21,25)(H,22,26). The van der Waals surface area contributed by atoms with Gasteiger partial charge in [-0.05, 0) is 44.6 Å². The van der Waals surface area contributed by atoms with E-state index in [0.29, 0.717) is 31.4 Å². The highest BCUT2D eigenvalue weighted by Gasteiger charge is 2.20. The Bertz CT molecular complexity index is 617. The van der Waals surface area contributed by atoms with Crippen LogP contribution < -0.4 is 15.5 Å². The van der Waals surface area contributed by atoms with Gasteiger partial charge >= 0.3 is 11.8 Å². The summed E-state index contributed by atoms with van der Waals surface area (Å²) in [5.74, 6) is -0.801. The Kier molecular flexibility index (Phi) is 8.06. The molecule has 1 heterocycles. The predicted octanol–water partition coefficient (Wildman–Crippen LogP) is 1.55. The van der Waals surface area contributed by atoms with E-state index in [-0.39, 0.29) is 6.04 Å². The van der Waals surface area contributed by atoms with Crippen molar-refractivity contribution in [1.82, 2.24) is 10.2 Å². The Labute approximate surface area is 162 Å². The summed E-state index contributed by atoms with van der Waals surface area (Å²) >= 11 is 0. The number of anilines is 2. The second-order valence-electron chi connectivity index (χ2n) is 7.67. The van der Waals surface area contributed by atoms with E-state index in [1.165, 1.54) is 0 Å². The zero-order valence-electron chi connectivity index (χ0n) is 16.8. The van der Waals surface area contributed by atoms with Crippen molar-refractivity contribution >= 4 is 23.2 Å². The maximum Gasteiger partial charge on any atom is 0.313 e. The van der Waals surface area contributed by atoms with Crippen LogP contribution in [0.5, 0.6) is 0 Å². The smallest absolute Gasteiger partial charge is 0.313 e. The monoisotopic (exact) mass is 376 g/mol. The highest BCUT2D eigenvalue weighted by Crippen LogP contribution is 2.20. The average Bonchev–Trinajstić information content (AvgIpc) is 2.61. The van der Waals surface area contributed by atoms with Crippen LogP contribution in [-0.2, 0) is 14.3 Å². The quantitative estimate of drug-likeness (QED) is 0.707. The lowest BCUT2D eigenvalue weighted by Crippen LogP contribution is -2.46. The third kappa shape index (κ3) is 7.19. The van der Waals surface area contributed by atoms with Gasteiger partial charge < -0.3 is 25.2 Å². The summed E-state index contributed by atoms with van der Waals surface area (Å²) in [6.07, 6.45) is 0.823. The van der Waals surface area contributed by atoms with Crippen LogP contribution in [0.2, 0.25) is 0 Å². The number of likely N-dealkylation sites (N-methyl/N-ethyl adjacent to an activating group) is 1. The normalized spacial score (nSPS) is 15.7. The lowest BCUT2D eigenvalue weighted by atomic mass is 10.0. The van der Waals surface area contributed by atoms with Crippen molar-refractivity contribution in [2.24, 2.45) is 5.92 Å². The molecule has 1 aromatic carbocycles. The van der Waals surface area contributed by atoms with E-state index >= 15 is 0 Å². The summed E-state index contributed by atoms with van der Waals surface area (Å²) in [5, 5.41) is 5.57. The Morgan fingerprint density at radius 3 is 2.52 bits per heavy atom. The summed E-state index contributed by atoms with van der Waals surface area (Å²) < 4.78 is 5.37. The van der Waals surface area contributed by atoms with E-state index in [2.05, 4.69) is 29.4 Å². The maximum atomic E-state index is 12.3. The van der Waals surface area contributed by atoms with Gasteiger partial charge in [0.25, 0.3) is 0 Å². The van der Waals surface area contributed by atoms with Crippen molar-refractivity contribution in [3.05, 3.63) is 24.3 Å². The molecule has 2 N–H and O–H groups in total. The zero-order chi connectivity index (χ0) is 19.8. The van der Waals surface area contributed by atoms with Crippen molar-refractivity contribution in [1.29, 1.82) is 0 Å². The molecule has 0 aromatic heterocycles. The number of rotatable bonds is 7. The van der Waals surface area contributed by atoms with Crippen LogP contribution in [0.25, 0.3) is 0 Å². The van der Waals surface area contributed by atoms with E-state index in [1.54, 1.807) is 6.07 Å². The van der Waals surface area contributed by atoms with Crippen LogP contribution in [0.1, 0.15) is 20.3 Å². The molecule has 1 aliphatic rings. The first-order valence-electron chi connectivity index (χ1n) is 9.54. The van der Waals surface area contributed by atoms with Crippen molar-refractivity contribution in [2.45, 2.75) is 26.3 Å². The fourth-order valence-electron chi connectivity index (χ4n) is 3.23. The van der Waals surface area contributed by atoms with Crippen molar-refractivity contribution in [3.63, 3.8) is 0 Å². The summed E-state index contributed by atoms with van der Waals surface area (Å²) in [4.78, 5) is 28.9. The molecule has 0 saturated carbocycles. The number of morpholine rings is 1. The number of carbonyl (C=O) groups excluding carboxylic acids is 2. The molecule has 2 rings (SSSR count). The summed E-state index contributed by atoms with van der Waals surface area (Å²) in [5.41, 5.74) is 1.63. The number of amides is 2. The average molecular weight is 377 g/mol. The molecule has 0 aliphatic carbocycles. The molecule has 1 aliphatic heterocycles. The van der Waals surface area contributed by atoms with E-state index in [0.717, 1.165) is 25.2 Å². The van der Waals surface area contributed by atoms with Crippen LogP contribution in [0.3, 0.4) is 0 Å². The Hall–Kier alpha value is -2.12. The van der Waals surface area contributed by atoms with Gasteiger partial charge in [0, 0.05) is 37.1 Å². The number of hydrogen-bond donors (Lipinski definition) is 2. The fourth-order valence-corrected chi connectivity index (χ4v) is 3.23. The van der Waals surface area contributed by atoms with E-state index in [1.807, 2.05) is 37.2 Å². The van der Waals surface area contributed by atoms with Gasteiger partial charge in [-0.1, -0.05) is 19.9 Å². The highest BCUT2D eigenvalue weighted by molar-refractivity contribution is 6.39. The summed E-state index contributed by atoms with van der Waals surface area (Å²) in [7, 11) is 3.91. The minimum atomic E-state index is -0.637. The highest BCUT2D eigenvalue weighted by atomic mass is 16.5. The van der Waals surface area contributed by atoms with Crippen LogP contribution >= 0.6 is 0 Å². The van der Waals surface area contributed by atoms with E-state index in [4.69, 9.17) is 4.74 Å². The van der Waals surface area contributed by atoms with Crippen molar-refractivity contribution in [2.75, 3.05) is 57.2 Å². The van der Waals surface area contributed by atoms with Crippen molar-refractivity contribution < 1.29 is 14.3 Å². The molecule has 1 saturated heterocycles. The molecule has 150 valence electrons. The van der Waals surface area contributed by atoms with E-state index in [9.17, 15) is 9.59 Å². The number of nitrogens with one attached hydrogen (secondary N) is 2. The molecule has 1 atom stereocenters. The predicted molar refractivity (Wildman–Crippen MR) is 108 cm³/mol. The molecule has 0 bridgehead atoms. The molecule has 27 heavy (non-hydrogen) atoms. The SMILES string of the molecule is CC(C)CC(CN(C)C)NC(=O)C(=O)Nc1cccc(N2CCOCC2)c1. The largest absolute Gasteiger partial charge is 0.378 e. The Morgan fingerprint density at radius 1 is 1.19 bits per heavy atom. The van der Waals surface area contributed by atoms with Gasteiger partial charge in [0.2, 0.25) is 0 Å². The Balaban J connectivity index is 1.95. The molecule has 1 unspecified atom stereocenters. The molecule has 1 fully saturated rings. The minimum absolute atomic E-state index is 0.0575. The first kappa shape index (κ1) is 21.2. The van der Waals surface area contributed by atoms with Gasteiger partial charge in [-0.2, -0.15) is 0 Å². The molecule has 0 radical (unpaired) electrons. The number of carbonyl (C=O) groups is 2. The summed E-state index contributed by atoms with van der Waals surface area (Å²) in [6.45, 7) is 7.94.